The summed E-state index contributed by atoms with van der Waals surface area (Å²) in [6.07, 6.45) is 0.578. The van der Waals surface area contributed by atoms with Crippen molar-refractivity contribution in [2.75, 3.05) is 0 Å². The number of carboxylic acids is 1. The lowest BCUT2D eigenvalue weighted by Crippen LogP contribution is -2.02. The van der Waals surface area contributed by atoms with Crippen molar-refractivity contribution in [3.8, 4) is 17.0 Å². The van der Waals surface area contributed by atoms with Crippen LogP contribution < -0.4 is 4.74 Å². The molecule has 1 aromatic heterocycles. The zero-order chi connectivity index (χ0) is 21.0. The van der Waals surface area contributed by atoms with Gasteiger partial charge in [0, 0.05) is 17.9 Å². The summed E-state index contributed by atoms with van der Waals surface area (Å²) in [6.45, 7) is 4.26. The van der Waals surface area contributed by atoms with E-state index in [1.54, 1.807) is 18.2 Å². The number of hydrogen-bond acceptors (Lipinski definition) is 4. The fourth-order valence-electron chi connectivity index (χ4n) is 2.99. The fraction of sp³-hybridized carbons (Fsp3) is 0.273. The highest BCUT2D eigenvalue weighted by Gasteiger charge is 2.23. The molecule has 0 spiro atoms. The Bertz CT molecular complexity index is 976. The molecule has 0 aliphatic carbocycles. The fourth-order valence-corrected chi connectivity index (χ4v) is 3.57. The second-order valence-corrected chi connectivity index (χ2v) is 7.77. The normalized spacial score (nSPS) is 11.1. The highest BCUT2D eigenvalue weighted by Crippen LogP contribution is 2.38. The molecule has 1 heterocycles. The molecular formula is C22H21Cl2NO4. The average molecular weight is 434 g/mol. The summed E-state index contributed by atoms with van der Waals surface area (Å²) in [6, 6.07) is 12.7. The van der Waals surface area contributed by atoms with Crippen molar-refractivity contribution in [1.82, 2.24) is 5.16 Å². The number of halogens is 2. The molecule has 0 radical (unpaired) electrons. The lowest BCUT2D eigenvalue weighted by molar-refractivity contribution is -0.136. The zero-order valence-corrected chi connectivity index (χ0v) is 17.6. The van der Waals surface area contributed by atoms with Gasteiger partial charge in [0.2, 0.25) is 0 Å². The Kier molecular flexibility index (Phi) is 6.83. The summed E-state index contributed by atoms with van der Waals surface area (Å²) < 4.78 is 11.5. The molecule has 2 aromatic carbocycles. The van der Waals surface area contributed by atoms with Crippen LogP contribution in [0, 0.1) is 0 Å². The van der Waals surface area contributed by atoms with E-state index in [-0.39, 0.29) is 18.9 Å². The first-order valence-corrected chi connectivity index (χ1v) is 9.98. The topological polar surface area (TPSA) is 72.6 Å². The third-order valence-electron chi connectivity index (χ3n) is 4.48. The van der Waals surface area contributed by atoms with E-state index in [4.69, 9.17) is 37.6 Å². The average Bonchev–Trinajstić information content (AvgIpc) is 3.09. The molecule has 29 heavy (non-hydrogen) atoms. The largest absolute Gasteiger partial charge is 0.489 e. The molecule has 0 aliphatic heterocycles. The van der Waals surface area contributed by atoms with E-state index in [1.165, 1.54) is 0 Å². The predicted octanol–water partition coefficient (Wildman–Crippen LogP) is 6.37. The minimum Gasteiger partial charge on any atom is -0.489 e. The van der Waals surface area contributed by atoms with Gasteiger partial charge in [0.25, 0.3) is 0 Å². The summed E-state index contributed by atoms with van der Waals surface area (Å²) in [5.74, 6) is 0.671. The van der Waals surface area contributed by atoms with Crippen molar-refractivity contribution in [3.05, 3.63) is 69.4 Å². The minimum absolute atomic E-state index is 0.0978. The molecule has 152 valence electrons. The first-order chi connectivity index (χ1) is 13.9. The second-order valence-electron chi connectivity index (χ2n) is 6.95. The van der Waals surface area contributed by atoms with Gasteiger partial charge >= 0.3 is 5.97 Å². The van der Waals surface area contributed by atoms with Crippen LogP contribution in [0.2, 0.25) is 10.0 Å². The molecule has 0 saturated carbocycles. The van der Waals surface area contributed by atoms with Crippen LogP contribution in [0.1, 0.15) is 43.1 Å². The number of hydrogen-bond donors (Lipinski definition) is 1. The summed E-state index contributed by atoms with van der Waals surface area (Å²) in [5.41, 5.74) is 2.93. The van der Waals surface area contributed by atoms with Gasteiger partial charge in [-0.05, 0) is 36.2 Å². The Morgan fingerprint density at radius 1 is 1.14 bits per heavy atom. The van der Waals surface area contributed by atoms with Gasteiger partial charge in [0.1, 0.15) is 23.8 Å². The van der Waals surface area contributed by atoms with E-state index in [9.17, 15) is 4.79 Å². The molecule has 0 fully saturated rings. The molecule has 0 unspecified atom stereocenters. The van der Waals surface area contributed by atoms with Crippen LogP contribution in [0.4, 0.5) is 0 Å². The van der Waals surface area contributed by atoms with E-state index in [1.807, 2.05) is 38.1 Å². The number of aryl methyl sites for hydroxylation is 1. The Morgan fingerprint density at radius 3 is 2.38 bits per heavy atom. The van der Waals surface area contributed by atoms with Crippen LogP contribution in [-0.4, -0.2) is 16.2 Å². The van der Waals surface area contributed by atoms with Crippen LogP contribution in [0.5, 0.6) is 5.75 Å². The molecule has 0 amide bonds. The van der Waals surface area contributed by atoms with Gasteiger partial charge in [-0.25, -0.2) is 0 Å². The van der Waals surface area contributed by atoms with Gasteiger partial charge in [-0.2, -0.15) is 0 Å². The van der Waals surface area contributed by atoms with Gasteiger partial charge in [-0.1, -0.05) is 60.4 Å². The van der Waals surface area contributed by atoms with Gasteiger partial charge in [-0.15, -0.1) is 0 Å². The van der Waals surface area contributed by atoms with E-state index in [0.717, 1.165) is 11.1 Å². The molecule has 7 heteroatoms. The minimum atomic E-state index is -0.815. The summed E-state index contributed by atoms with van der Waals surface area (Å²) in [7, 11) is 0. The molecule has 0 saturated heterocycles. The second kappa shape index (κ2) is 9.33. The number of aromatic nitrogens is 1. The molecule has 0 atom stereocenters. The zero-order valence-electron chi connectivity index (χ0n) is 16.1. The molecule has 0 aliphatic rings. The first-order valence-electron chi connectivity index (χ1n) is 9.23. The highest BCUT2D eigenvalue weighted by atomic mass is 35.5. The van der Waals surface area contributed by atoms with Gasteiger partial charge < -0.3 is 14.4 Å². The molecule has 5 nitrogen and oxygen atoms in total. The van der Waals surface area contributed by atoms with Gasteiger partial charge in [0.15, 0.2) is 0 Å². The molecule has 3 rings (SSSR count). The molecule has 0 bridgehead atoms. The van der Waals surface area contributed by atoms with Gasteiger partial charge in [0.05, 0.1) is 15.6 Å². The smallest absolute Gasteiger partial charge is 0.303 e. The molecule has 3 aromatic rings. The SMILES string of the molecule is CC(C)c1onc(-c2c(Cl)cccc2Cl)c1COc1ccc(CCC(=O)O)cc1. The number of carbonyl (C=O) groups is 1. The van der Waals surface area contributed by atoms with Crippen LogP contribution in [0.15, 0.2) is 47.0 Å². The lowest BCUT2D eigenvalue weighted by Gasteiger charge is -2.11. The van der Waals surface area contributed by atoms with E-state index >= 15 is 0 Å². The quantitative estimate of drug-likeness (QED) is 0.446. The number of aliphatic carboxylic acids is 1. The number of ether oxygens (including phenoxy) is 1. The standard InChI is InChI=1S/C22H21Cl2NO4/c1-13(2)22-16(21(25-29-22)20-17(23)4-3-5-18(20)24)12-28-15-9-6-14(7-10-15)8-11-19(26)27/h3-7,9-10,13H,8,11-12H2,1-2H3,(H,26,27). The Balaban J connectivity index is 1.83. The van der Waals surface area contributed by atoms with Gasteiger partial charge in [-0.3, -0.25) is 4.79 Å². The van der Waals surface area contributed by atoms with Crippen molar-refractivity contribution in [1.29, 1.82) is 0 Å². The Hall–Kier alpha value is -2.50. The van der Waals surface area contributed by atoms with Crippen LogP contribution >= 0.6 is 23.2 Å². The monoisotopic (exact) mass is 433 g/mol. The van der Waals surface area contributed by atoms with E-state index < -0.39 is 5.97 Å². The van der Waals surface area contributed by atoms with Crippen LogP contribution in [0.25, 0.3) is 11.3 Å². The number of benzene rings is 2. The number of rotatable bonds is 8. The van der Waals surface area contributed by atoms with Crippen molar-refractivity contribution >= 4 is 29.2 Å². The maximum Gasteiger partial charge on any atom is 0.303 e. The third kappa shape index (κ3) is 5.11. The van der Waals surface area contributed by atoms with Crippen LogP contribution in [0.3, 0.4) is 0 Å². The lowest BCUT2D eigenvalue weighted by atomic mass is 10.0. The summed E-state index contributed by atoms with van der Waals surface area (Å²) in [4.78, 5) is 10.7. The Labute approximate surface area is 179 Å². The van der Waals surface area contributed by atoms with Crippen molar-refractivity contribution in [2.24, 2.45) is 0 Å². The first kappa shape index (κ1) is 21.2. The van der Waals surface area contributed by atoms with Crippen molar-refractivity contribution in [2.45, 2.75) is 39.2 Å². The number of carboxylic acid groups (broad SMARTS) is 1. The molecule has 1 N–H and O–H groups in total. The maximum absolute atomic E-state index is 10.7. The summed E-state index contributed by atoms with van der Waals surface area (Å²) in [5, 5.41) is 14.0. The predicted molar refractivity (Wildman–Crippen MR) is 113 cm³/mol. The van der Waals surface area contributed by atoms with Crippen molar-refractivity contribution in [3.63, 3.8) is 0 Å². The van der Waals surface area contributed by atoms with E-state index in [0.29, 0.717) is 39.2 Å². The third-order valence-corrected chi connectivity index (χ3v) is 5.11. The highest BCUT2D eigenvalue weighted by molar-refractivity contribution is 6.39. The number of nitrogens with zero attached hydrogens (tertiary/aromatic N) is 1. The Morgan fingerprint density at radius 2 is 1.79 bits per heavy atom. The van der Waals surface area contributed by atoms with Crippen LogP contribution in [-0.2, 0) is 17.8 Å². The van der Waals surface area contributed by atoms with E-state index in [2.05, 4.69) is 5.16 Å². The maximum atomic E-state index is 10.7. The summed E-state index contributed by atoms with van der Waals surface area (Å²) >= 11 is 12.7. The van der Waals surface area contributed by atoms with Crippen molar-refractivity contribution < 1.29 is 19.2 Å². The molecular weight excluding hydrogens is 413 g/mol.